The van der Waals surface area contributed by atoms with Crippen LogP contribution in [0.4, 0.5) is 14.5 Å². The van der Waals surface area contributed by atoms with Crippen molar-refractivity contribution in [3.63, 3.8) is 0 Å². The molecule has 0 spiro atoms. The van der Waals surface area contributed by atoms with Crippen LogP contribution in [0.25, 0.3) is 0 Å². The minimum absolute atomic E-state index is 0.131. The third-order valence-electron chi connectivity index (χ3n) is 2.59. The van der Waals surface area contributed by atoms with Gasteiger partial charge >= 0.3 is 0 Å². The molecule has 0 saturated heterocycles. The number of rotatable bonds is 3. The topological polar surface area (TPSA) is 32.3 Å². The number of hydrogen-bond donors (Lipinski definition) is 2. The minimum Gasteiger partial charge on any atom is -0.503 e. The number of nitrogens with one attached hydrogen (secondary N) is 1. The molecule has 2 aromatic rings. The van der Waals surface area contributed by atoms with Gasteiger partial charge in [-0.15, -0.1) is 0 Å². The highest BCUT2D eigenvalue weighted by molar-refractivity contribution is 9.10. The smallest absolute Gasteiger partial charge is 0.187 e. The van der Waals surface area contributed by atoms with E-state index in [1.807, 2.05) is 0 Å². The molecule has 0 saturated carbocycles. The SMILES string of the molecule is Oc1c(F)cc(CNc2ccc(Br)c(Cl)c2Cl)cc1F. The Labute approximate surface area is 132 Å². The van der Waals surface area contributed by atoms with Crippen molar-refractivity contribution in [2.24, 2.45) is 0 Å². The molecule has 0 amide bonds. The summed E-state index contributed by atoms with van der Waals surface area (Å²) in [6.45, 7) is 0.131. The monoisotopic (exact) mass is 381 g/mol. The first-order valence-electron chi connectivity index (χ1n) is 5.44. The molecule has 0 aromatic heterocycles. The molecule has 0 atom stereocenters. The van der Waals surface area contributed by atoms with Crippen molar-refractivity contribution in [1.29, 1.82) is 0 Å². The third kappa shape index (κ3) is 3.16. The molecule has 20 heavy (non-hydrogen) atoms. The maximum absolute atomic E-state index is 13.2. The summed E-state index contributed by atoms with van der Waals surface area (Å²) in [5, 5.41) is 12.6. The van der Waals surface area contributed by atoms with Gasteiger partial charge < -0.3 is 10.4 Å². The predicted octanol–water partition coefficient (Wildman–Crippen LogP) is 5.35. The lowest BCUT2D eigenvalue weighted by Gasteiger charge is -2.11. The maximum Gasteiger partial charge on any atom is 0.187 e. The van der Waals surface area contributed by atoms with Crippen LogP contribution in [-0.2, 0) is 6.54 Å². The van der Waals surface area contributed by atoms with Gasteiger partial charge in [-0.25, -0.2) is 8.78 Å². The second-order valence-electron chi connectivity index (χ2n) is 3.98. The molecule has 106 valence electrons. The fraction of sp³-hybridized carbons (Fsp3) is 0.0769. The molecule has 0 aliphatic carbocycles. The molecule has 2 nitrogen and oxygen atoms in total. The van der Waals surface area contributed by atoms with Crippen molar-refractivity contribution < 1.29 is 13.9 Å². The van der Waals surface area contributed by atoms with Gasteiger partial charge in [-0.05, 0) is 45.8 Å². The van der Waals surface area contributed by atoms with Crippen molar-refractivity contribution in [2.75, 3.05) is 5.32 Å². The van der Waals surface area contributed by atoms with Crippen molar-refractivity contribution in [1.82, 2.24) is 0 Å². The van der Waals surface area contributed by atoms with Crippen LogP contribution in [0.15, 0.2) is 28.7 Å². The first-order chi connectivity index (χ1) is 9.40. The summed E-state index contributed by atoms with van der Waals surface area (Å²) in [5.74, 6) is -3.01. The molecular weight excluding hydrogens is 375 g/mol. The van der Waals surface area contributed by atoms with Gasteiger partial charge in [0.25, 0.3) is 0 Å². The molecule has 0 fully saturated rings. The van der Waals surface area contributed by atoms with Gasteiger partial charge in [-0.1, -0.05) is 23.2 Å². The average Bonchev–Trinajstić information content (AvgIpc) is 2.41. The Morgan fingerprint density at radius 3 is 2.30 bits per heavy atom. The van der Waals surface area contributed by atoms with Crippen molar-refractivity contribution in [3.8, 4) is 5.75 Å². The molecule has 0 unspecified atom stereocenters. The number of hydrogen-bond acceptors (Lipinski definition) is 2. The average molecular weight is 383 g/mol. The molecule has 0 bridgehead atoms. The van der Waals surface area contributed by atoms with Crippen molar-refractivity contribution in [2.45, 2.75) is 6.54 Å². The van der Waals surface area contributed by atoms with E-state index in [-0.39, 0.29) is 6.54 Å². The molecule has 2 aromatic carbocycles. The van der Waals surface area contributed by atoms with Crippen LogP contribution >= 0.6 is 39.1 Å². The molecule has 0 aliphatic rings. The summed E-state index contributed by atoms with van der Waals surface area (Å²) in [7, 11) is 0. The fourth-order valence-electron chi connectivity index (χ4n) is 1.58. The number of phenols is 1. The normalized spacial score (nSPS) is 10.7. The van der Waals surface area contributed by atoms with Crippen LogP contribution in [0.5, 0.6) is 5.75 Å². The molecular formula is C13H8BrCl2F2NO. The summed E-state index contributed by atoms with van der Waals surface area (Å²) in [4.78, 5) is 0. The number of halogens is 5. The highest BCUT2D eigenvalue weighted by atomic mass is 79.9. The van der Waals surface area contributed by atoms with Crippen LogP contribution in [0.1, 0.15) is 5.56 Å². The van der Waals surface area contributed by atoms with E-state index in [1.165, 1.54) is 0 Å². The number of phenolic OH excluding ortho intramolecular Hbond substituents is 1. The molecule has 0 aliphatic heterocycles. The van der Waals surface area contributed by atoms with Gasteiger partial charge in [0.15, 0.2) is 17.4 Å². The second kappa shape index (κ2) is 6.16. The Morgan fingerprint density at radius 2 is 1.70 bits per heavy atom. The Morgan fingerprint density at radius 1 is 1.10 bits per heavy atom. The predicted molar refractivity (Wildman–Crippen MR) is 79.5 cm³/mol. The minimum atomic E-state index is -1.01. The highest BCUT2D eigenvalue weighted by Gasteiger charge is 2.11. The third-order valence-corrected chi connectivity index (χ3v) is 4.37. The van der Waals surface area contributed by atoms with Crippen LogP contribution in [0.3, 0.4) is 0 Å². The van der Waals surface area contributed by atoms with E-state index in [0.29, 0.717) is 25.8 Å². The van der Waals surface area contributed by atoms with Crippen LogP contribution in [-0.4, -0.2) is 5.11 Å². The van der Waals surface area contributed by atoms with E-state index in [9.17, 15) is 8.78 Å². The fourth-order valence-corrected chi connectivity index (χ4v) is 2.42. The van der Waals surface area contributed by atoms with Crippen molar-refractivity contribution >= 4 is 44.8 Å². The number of anilines is 1. The first-order valence-corrected chi connectivity index (χ1v) is 6.99. The van der Waals surface area contributed by atoms with E-state index >= 15 is 0 Å². The van der Waals surface area contributed by atoms with Gasteiger partial charge in [0.1, 0.15) is 0 Å². The number of benzene rings is 2. The zero-order valence-corrected chi connectivity index (χ0v) is 13.0. The van der Waals surface area contributed by atoms with Crippen LogP contribution in [0, 0.1) is 11.6 Å². The lowest BCUT2D eigenvalue weighted by atomic mass is 10.2. The van der Waals surface area contributed by atoms with Gasteiger partial charge in [0.05, 0.1) is 15.7 Å². The van der Waals surface area contributed by atoms with E-state index in [2.05, 4.69) is 21.2 Å². The Bertz CT molecular complexity index is 644. The largest absolute Gasteiger partial charge is 0.503 e. The zero-order valence-electron chi connectivity index (χ0n) is 9.85. The Kier molecular flexibility index (Phi) is 4.73. The highest BCUT2D eigenvalue weighted by Crippen LogP contribution is 2.36. The van der Waals surface area contributed by atoms with Crippen molar-refractivity contribution in [3.05, 3.63) is 56.0 Å². The summed E-state index contributed by atoms with van der Waals surface area (Å²) < 4.78 is 27.0. The number of aromatic hydroxyl groups is 1. The zero-order chi connectivity index (χ0) is 14.9. The molecule has 2 rings (SSSR count). The lowest BCUT2D eigenvalue weighted by molar-refractivity contribution is 0.395. The van der Waals surface area contributed by atoms with E-state index in [0.717, 1.165) is 12.1 Å². The van der Waals surface area contributed by atoms with Gasteiger partial charge in [-0.3, -0.25) is 0 Å². The molecule has 7 heteroatoms. The summed E-state index contributed by atoms with van der Waals surface area (Å²) >= 11 is 15.2. The standard InChI is InChI=1S/C13H8BrCl2F2NO/c14-7-1-2-10(12(16)11(7)15)19-5-6-3-8(17)13(20)9(18)4-6/h1-4,19-20H,5H2. The summed E-state index contributed by atoms with van der Waals surface area (Å²) in [6.07, 6.45) is 0. The van der Waals surface area contributed by atoms with E-state index < -0.39 is 17.4 Å². The summed E-state index contributed by atoms with van der Waals surface area (Å²) in [6, 6.07) is 5.47. The van der Waals surface area contributed by atoms with Gasteiger partial charge in [0, 0.05) is 11.0 Å². The second-order valence-corrected chi connectivity index (χ2v) is 5.59. The van der Waals surface area contributed by atoms with Gasteiger partial charge in [0.2, 0.25) is 0 Å². The molecule has 0 heterocycles. The lowest BCUT2D eigenvalue weighted by Crippen LogP contribution is -2.01. The van der Waals surface area contributed by atoms with E-state index in [1.54, 1.807) is 12.1 Å². The maximum atomic E-state index is 13.2. The van der Waals surface area contributed by atoms with Gasteiger partial charge in [-0.2, -0.15) is 0 Å². The molecule has 0 radical (unpaired) electrons. The molecule has 2 N–H and O–H groups in total. The van der Waals surface area contributed by atoms with Crippen LogP contribution < -0.4 is 5.32 Å². The quantitative estimate of drug-likeness (QED) is 0.701. The Balaban J connectivity index is 2.19. The first kappa shape index (κ1) is 15.4. The summed E-state index contributed by atoms with van der Waals surface area (Å²) in [5.41, 5.74) is 0.863. The van der Waals surface area contributed by atoms with Crippen LogP contribution in [0.2, 0.25) is 10.0 Å². The van der Waals surface area contributed by atoms with E-state index in [4.69, 9.17) is 28.3 Å². The Hall–Kier alpha value is -1.04.